The molecule has 0 radical (unpaired) electrons. The molecule has 0 aliphatic carbocycles. The maximum absolute atomic E-state index is 9.40. The van der Waals surface area contributed by atoms with Gasteiger partial charge in [-0.25, -0.2) is 0 Å². The Bertz CT molecular complexity index is 290. The molecule has 1 aliphatic heterocycles. The largest absolute Gasteiger partial charge is 0.378 e. The van der Waals surface area contributed by atoms with Crippen LogP contribution < -0.4 is 5.32 Å². The van der Waals surface area contributed by atoms with Gasteiger partial charge in [0.25, 0.3) is 0 Å². The Balaban J connectivity index is 2.40. The minimum absolute atomic E-state index is 0.331. The lowest BCUT2D eigenvalue weighted by molar-refractivity contribution is -0.00967. The maximum Gasteiger partial charge on any atom is 0.106 e. The first-order valence-electron chi connectivity index (χ1n) is 7.69. The summed E-state index contributed by atoms with van der Waals surface area (Å²) in [4.78, 5) is 2.52. The molecule has 0 aromatic rings. The lowest BCUT2D eigenvalue weighted by Crippen LogP contribution is -2.47. The van der Waals surface area contributed by atoms with Crippen LogP contribution in [-0.4, -0.2) is 49.3 Å². The molecule has 0 aromatic carbocycles. The topological polar surface area (TPSA) is 48.3 Å². The zero-order chi connectivity index (χ0) is 14.1. The second-order valence-corrected chi connectivity index (χ2v) is 5.35. The summed E-state index contributed by atoms with van der Waals surface area (Å²) in [6.45, 7) is 11.1. The molecule has 0 spiro atoms. The fraction of sp³-hybridized carbons (Fsp3) is 0.933. The molecule has 0 amide bonds. The van der Waals surface area contributed by atoms with Gasteiger partial charge >= 0.3 is 0 Å². The Labute approximate surface area is 118 Å². The average molecular weight is 267 g/mol. The van der Waals surface area contributed by atoms with Crippen LogP contribution in [0.5, 0.6) is 0 Å². The third kappa shape index (κ3) is 4.76. The number of rotatable bonds is 8. The summed E-state index contributed by atoms with van der Waals surface area (Å²) in [7, 11) is 0. The van der Waals surface area contributed by atoms with Gasteiger partial charge in [-0.1, -0.05) is 20.8 Å². The quantitative estimate of drug-likeness (QED) is 0.732. The lowest BCUT2D eigenvalue weighted by atomic mass is 9.91. The normalized spacial score (nSPS) is 23.8. The molecule has 1 heterocycles. The van der Waals surface area contributed by atoms with E-state index in [1.165, 1.54) is 0 Å². The van der Waals surface area contributed by atoms with Gasteiger partial charge in [-0.2, -0.15) is 5.26 Å². The van der Waals surface area contributed by atoms with E-state index >= 15 is 0 Å². The molecule has 0 saturated carbocycles. The standard InChI is InChI=1S/C15H29N3O/c1-4-14-12-19-11-10-18(14)9-7-8-15(5-2,13-16)17-6-3/h14,17H,4-12H2,1-3H3. The van der Waals surface area contributed by atoms with E-state index < -0.39 is 0 Å². The van der Waals surface area contributed by atoms with E-state index in [9.17, 15) is 5.26 Å². The Morgan fingerprint density at radius 3 is 2.79 bits per heavy atom. The van der Waals surface area contributed by atoms with Crippen LogP contribution in [0.1, 0.15) is 46.5 Å². The molecule has 4 nitrogen and oxygen atoms in total. The van der Waals surface area contributed by atoms with Crippen LogP contribution in [0.25, 0.3) is 0 Å². The van der Waals surface area contributed by atoms with Crippen molar-refractivity contribution in [2.24, 2.45) is 0 Å². The summed E-state index contributed by atoms with van der Waals surface area (Å²) in [5, 5.41) is 12.8. The van der Waals surface area contributed by atoms with Crippen molar-refractivity contribution in [3.05, 3.63) is 0 Å². The highest BCUT2D eigenvalue weighted by Gasteiger charge is 2.27. The fourth-order valence-corrected chi connectivity index (χ4v) is 2.85. The molecule has 110 valence electrons. The van der Waals surface area contributed by atoms with E-state index in [4.69, 9.17) is 4.74 Å². The lowest BCUT2D eigenvalue weighted by Gasteiger charge is -2.36. The van der Waals surface area contributed by atoms with Gasteiger partial charge < -0.3 is 4.74 Å². The van der Waals surface area contributed by atoms with E-state index in [0.717, 1.165) is 58.5 Å². The molecular formula is C15H29N3O. The van der Waals surface area contributed by atoms with Gasteiger partial charge in [0.1, 0.15) is 5.54 Å². The molecule has 1 aliphatic rings. The van der Waals surface area contributed by atoms with Gasteiger partial charge in [-0.15, -0.1) is 0 Å². The number of nitrogens with zero attached hydrogens (tertiary/aromatic N) is 2. The van der Waals surface area contributed by atoms with Crippen molar-refractivity contribution in [3.63, 3.8) is 0 Å². The average Bonchev–Trinajstić information content (AvgIpc) is 2.47. The van der Waals surface area contributed by atoms with Crippen LogP contribution in [0, 0.1) is 11.3 Å². The molecule has 1 rings (SSSR count). The predicted molar refractivity (Wildman–Crippen MR) is 78.0 cm³/mol. The van der Waals surface area contributed by atoms with Crippen molar-refractivity contribution >= 4 is 0 Å². The van der Waals surface area contributed by atoms with Crippen LogP contribution in [-0.2, 0) is 4.74 Å². The minimum Gasteiger partial charge on any atom is -0.378 e. The summed E-state index contributed by atoms with van der Waals surface area (Å²) in [6.07, 6.45) is 4.02. The van der Waals surface area contributed by atoms with Crippen LogP contribution in [0.15, 0.2) is 0 Å². The third-order valence-electron chi connectivity index (χ3n) is 4.20. The molecule has 2 unspecified atom stereocenters. The van der Waals surface area contributed by atoms with E-state index in [2.05, 4.69) is 37.1 Å². The number of nitriles is 1. The highest BCUT2D eigenvalue weighted by Crippen LogP contribution is 2.18. The number of ether oxygens (including phenoxy) is 1. The van der Waals surface area contributed by atoms with Crippen molar-refractivity contribution in [1.82, 2.24) is 10.2 Å². The Morgan fingerprint density at radius 1 is 1.42 bits per heavy atom. The third-order valence-corrected chi connectivity index (χ3v) is 4.20. The molecule has 0 bridgehead atoms. The van der Waals surface area contributed by atoms with E-state index in [0.29, 0.717) is 6.04 Å². The first kappa shape index (κ1) is 16.4. The number of hydrogen-bond donors (Lipinski definition) is 1. The molecule has 2 atom stereocenters. The second-order valence-electron chi connectivity index (χ2n) is 5.35. The molecule has 1 fully saturated rings. The summed E-state index contributed by atoms with van der Waals surface area (Å²) in [6, 6.07) is 3.04. The van der Waals surface area contributed by atoms with Gasteiger partial charge in [0, 0.05) is 12.6 Å². The molecule has 1 N–H and O–H groups in total. The molecule has 0 aromatic heterocycles. The van der Waals surface area contributed by atoms with Gasteiger partial charge in [-0.3, -0.25) is 10.2 Å². The zero-order valence-electron chi connectivity index (χ0n) is 12.7. The Hall–Kier alpha value is -0.630. The second kappa shape index (κ2) is 8.52. The number of hydrogen-bond acceptors (Lipinski definition) is 4. The van der Waals surface area contributed by atoms with Crippen molar-refractivity contribution in [2.75, 3.05) is 32.8 Å². The van der Waals surface area contributed by atoms with E-state index in [-0.39, 0.29) is 5.54 Å². The summed E-state index contributed by atoms with van der Waals surface area (Å²) >= 11 is 0. The monoisotopic (exact) mass is 267 g/mol. The van der Waals surface area contributed by atoms with E-state index in [1.54, 1.807) is 0 Å². The maximum atomic E-state index is 9.40. The van der Waals surface area contributed by atoms with Crippen LogP contribution in [0.2, 0.25) is 0 Å². The van der Waals surface area contributed by atoms with Gasteiger partial charge in [0.15, 0.2) is 0 Å². The van der Waals surface area contributed by atoms with Gasteiger partial charge in [0.05, 0.1) is 19.3 Å². The van der Waals surface area contributed by atoms with Crippen LogP contribution >= 0.6 is 0 Å². The zero-order valence-corrected chi connectivity index (χ0v) is 12.7. The first-order valence-corrected chi connectivity index (χ1v) is 7.69. The van der Waals surface area contributed by atoms with Crippen molar-refractivity contribution in [3.8, 4) is 6.07 Å². The first-order chi connectivity index (χ1) is 9.21. The molecule has 19 heavy (non-hydrogen) atoms. The van der Waals surface area contributed by atoms with Crippen molar-refractivity contribution in [2.45, 2.75) is 58.0 Å². The number of nitrogens with one attached hydrogen (secondary N) is 1. The summed E-state index contributed by atoms with van der Waals surface area (Å²) in [5.41, 5.74) is -0.331. The van der Waals surface area contributed by atoms with Gasteiger partial charge in [0.2, 0.25) is 0 Å². The fourth-order valence-electron chi connectivity index (χ4n) is 2.85. The SMILES string of the molecule is CCNC(C#N)(CC)CCCN1CCOCC1CC. The van der Waals surface area contributed by atoms with Crippen LogP contribution in [0.4, 0.5) is 0 Å². The molecule has 1 saturated heterocycles. The van der Waals surface area contributed by atoms with Crippen molar-refractivity contribution in [1.29, 1.82) is 5.26 Å². The van der Waals surface area contributed by atoms with Gasteiger partial charge in [-0.05, 0) is 38.8 Å². The minimum atomic E-state index is -0.331. The highest BCUT2D eigenvalue weighted by molar-refractivity contribution is 5.06. The predicted octanol–water partition coefficient (Wildman–Crippen LogP) is 2.16. The molecule has 4 heteroatoms. The van der Waals surface area contributed by atoms with E-state index in [1.807, 2.05) is 0 Å². The van der Waals surface area contributed by atoms with Crippen LogP contribution in [0.3, 0.4) is 0 Å². The highest BCUT2D eigenvalue weighted by atomic mass is 16.5. The summed E-state index contributed by atoms with van der Waals surface area (Å²) < 4.78 is 5.53. The van der Waals surface area contributed by atoms with Crippen molar-refractivity contribution < 1.29 is 4.74 Å². The molecular weight excluding hydrogens is 238 g/mol. The Kier molecular flexibility index (Phi) is 7.37. The number of morpholine rings is 1. The summed E-state index contributed by atoms with van der Waals surface area (Å²) in [5.74, 6) is 0. The smallest absolute Gasteiger partial charge is 0.106 e. The Morgan fingerprint density at radius 2 is 2.21 bits per heavy atom.